The van der Waals surface area contributed by atoms with E-state index in [1.54, 1.807) is 26.8 Å². The molecule has 1 aromatic heterocycles. The first-order chi connectivity index (χ1) is 21.4. The predicted octanol–water partition coefficient (Wildman–Crippen LogP) is 7.28. The molecule has 2 atom stereocenters. The first kappa shape index (κ1) is 31.7. The average molecular weight is 630 g/mol. The Hall–Kier alpha value is -4.67. The summed E-state index contributed by atoms with van der Waals surface area (Å²) in [5, 5.41) is 2.14. The lowest BCUT2D eigenvalue weighted by molar-refractivity contribution is -0.173. The van der Waals surface area contributed by atoms with Crippen molar-refractivity contribution >= 4 is 49.4 Å². The van der Waals surface area contributed by atoms with Crippen LogP contribution in [0.25, 0.3) is 33.1 Å². The molecule has 0 unspecified atom stereocenters. The summed E-state index contributed by atoms with van der Waals surface area (Å²) in [6, 6.07) is 23.8. The second kappa shape index (κ2) is 12.4. The minimum absolute atomic E-state index is 0.134. The summed E-state index contributed by atoms with van der Waals surface area (Å²) in [5.74, 6) is -1.01. The minimum Gasteiger partial charge on any atom is -0.462 e. The number of hydrogen-bond acceptors (Lipinski definition) is 8. The van der Waals surface area contributed by atoms with Crippen LogP contribution in [0.4, 0.5) is 5.69 Å². The Balaban J connectivity index is 1.63. The first-order valence-electron chi connectivity index (χ1n) is 14.4. The Bertz CT molecular complexity index is 2010. The quantitative estimate of drug-likeness (QED) is 0.160. The third-order valence-electron chi connectivity index (χ3n) is 7.77. The second-order valence-corrected chi connectivity index (χ2v) is 12.8. The van der Waals surface area contributed by atoms with E-state index in [1.165, 1.54) is 13.2 Å². The van der Waals surface area contributed by atoms with Crippen molar-refractivity contribution in [2.75, 3.05) is 24.7 Å². The van der Waals surface area contributed by atoms with Gasteiger partial charge in [0.15, 0.2) is 5.60 Å². The van der Waals surface area contributed by atoms with Crippen LogP contribution in [0.5, 0.6) is 0 Å². The molecule has 234 valence electrons. The summed E-state index contributed by atoms with van der Waals surface area (Å²) in [6.45, 7) is 7.04. The summed E-state index contributed by atoms with van der Waals surface area (Å²) in [6.07, 6.45) is 0.0349. The van der Waals surface area contributed by atoms with Gasteiger partial charge in [0.2, 0.25) is 10.0 Å². The number of ether oxygens (including phenoxy) is 3. The van der Waals surface area contributed by atoms with Gasteiger partial charge in [-0.1, -0.05) is 72.3 Å². The molecular formula is C35H35NO8S. The van der Waals surface area contributed by atoms with E-state index in [2.05, 4.69) is 4.72 Å². The van der Waals surface area contributed by atoms with Gasteiger partial charge in [0.25, 0.3) is 0 Å². The van der Waals surface area contributed by atoms with Crippen molar-refractivity contribution in [3.8, 4) is 11.3 Å². The third kappa shape index (κ3) is 6.29. The van der Waals surface area contributed by atoms with Crippen molar-refractivity contribution < 1.29 is 36.6 Å². The van der Waals surface area contributed by atoms with Gasteiger partial charge in [-0.3, -0.25) is 4.72 Å². The molecule has 45 heavy (non-hydrogen) atoms. The summed E-state index contributed by atoms with van der Waals surface area (Å²) in [5.41, 5.74) is 1.66. The van der Waals surface area contributed by atoms with Gasteiger partial charge in [0, 0.05) is 35.3 Å². The summed E-state index contributed by atoms with van der Waals surface area (Å²) in [4.78, 5) is 27.2. The molecule has 0 saturated heterocycles. The van der Waals surface area contributed by atoms with E-state index < -0.39 is 33.7 Å². The molecule has 0 aliphatic rings. The number of rotatable bonds is 10. The molecule has 0 aliphatic carbocycles. The fraction of sp³-hybridized carbons (Fsp3) is 0.257. The van der Waals surface area contributed by atoms with Crippen LogP contribution in [0.1, 0.15) is 53.9 Å². The van der Waals surface area contributed by atoms with Crippen molar-refractivity contribution in [3.63, 3.8) is 0 Å². The topological polar surface area (TPSA) is 121 Å². The number of methoxy groups -OCH3 is 1. The highest BCUT2D eigenvalue weighted by atomic mass is 32.2. The Kier molecular flexibility index (Phi) is 8.73. The van der Waals surface area contributed by atoms with E-state index in [1.807, 2.05) is 73.7 Å². The van der Waals surface area contributed by atoms with Crippen LogP contribution >= 0.6 is 0 Å². The molecule has 5 rings (SSSR count). The van der Waals surface area contributed by atoms with Crippen molar-refractivity contribution in [2.45, 2.75) is 39.4 Å². The number of hydrogen-bond donors (Lipinski definition) is 1. The SMILES string of the molecule is CCOC(=O)c1c(-c2ccc(C)cc2)oc2cc(NS(C)(=O)=O)c([C@@H](C)OC(=O)[C@@](C)(OC)c3cccc4ccccc34)cc12. The lowest BCUT2D eigenvalue weighted by atomic mass is 9.90. The Morgan fingerprint density at radius 2 is 1.67 bits per heavy atom. The zero-order chi connectivity index (χ0) is 32.5. The highest BCUT2D eigenvalue weighted by molar-refractivity contribution is 7.92. The number of anilines is 1. The van der Waals surface area contributed by atoms with Crippen molar-refractivity contribution in [2.24, 2.45) is 0 Å². The van der Waals surface area contributed by atoms with E-state index in [0.717, 1.165) is 22.6 Å². The van der Waals surface area contributed by atoms with E-state index in [-0.39, 0.29) is 29.2 Å². The van der Waals surface area contributed by atoms with Gasteiger partial charge in [-0.05, 0) is 44.5 Å². The number of carbonyl (C=O) groups is 2. The number of sulfonamides is 1. The van der Waals surface area contributed by atoms with Crippen molar-refractivity contribution in [3.05, 3.63) is 101 Å². The maximum Gasteiger partial charge on any atom is 0.343 e. The lowest BCUT2D eigenvalue weighted by Gasteiger charge is -2.29. The molecule has 0 fully saturated rings. The van der Waals surface area contributed by atoms with Crippen LogP contribution < -0.4 is 4.72 Å². The number of aryl methyl sites for hydroxylation is 1. The van der Waals surface area contributed by atoms with E-state index in [4.69, 9.17) is 18.6 Å². The lowest BCUT2D eigenvalue weighted by Crippen LogP contribution is -2.37. The number of carbonyl (C=O) groups excluding carboxylic acids is 2. The second-order valence-electron chi connectivity index (χ2n) is 11.0. The molecule has 0 aliphatic heterocycles. The Morgan fingerprint density at radius 1 is 0.978 bits per heavy atom. The molecule has 0 saturated carbocycles. The number of nitrogens with one attached hydrogen (secondary N) is 1. The van der Waals surface area contributed by atoms with E-state index >= 15 is 0 Å². The van der Waals surface area contributed by atoms with Crippen LogP contribution in [0, 0.1) is 6.92 Å². The predicted molar refractivity (Wildman–Crippen MR) is 174 cm³/mol. The third-order valence-corrected chi connectivity index (χ3v) is 8.36. The van der Waals surface area contributed by atoms with Crippen molar-refractivity contribution in [1.29, 1.82) is 0 Å². The first-order valence-corrected chi connectivity index (χ1v) is 16.3. The molecular weight excluding hydrogens is 594 g/mol. The highest BCUT2D eigenvalue weighted by Gasteiger charge is 2.40. The summed E-state index contributed by atoms with van der Waals surface area (Å²) < 4.78 is 50.7. The Labute approximate surface area is 262 Å². The van der Waals surface area contributed by atoms with Crippen molar-refractivity contribution in [1.82, 2.24) is 0 Å². The van der Waals surface area contributed by atoms with Gasteiger partial charge in [-0.25, -0.2) is 18.0 Å². The van der Waals surface area contributed by atoms with Crippen LogP contribution in [0.15, 0.2) is 83.3 Å². The summed E-state index contributed by atoms with van der Waals surface area (Å²) >= 11 is 0. The molecule has 10 heteroatoms. The van der Waals surface area contributed by atoms with Gasteiger partial charge in [-0.15, -0.1) is 0 Å². The van der Waals surface area contributed by atoms with Gasteiger partial charge in [0.1, 0.15) is 23.0 Å². The fourth-order valence-electron chi connectivity index (χ4n) is 5.38. The van der Waals surface area contributed by atoms with Gasteiger partial charge >= 0.3 is 11.9 Å². The molecule has 9 nitrogen and oxygen atoms in total. The normalized spacial score (nSPS) is 13.7. The minimum atomic E-state index is -3.76. The van der Waals surface area contributed by atoms with Crippen LogP contribution in [0.2, 0.25) is 0 Å². The zero-order valence-corrected chi connectivity index (χ0v) is 26.8. The van der Waals surface area contributed by atoms with Crippen LogP contribution in [0.3, 0.4) is 0 Å². The number of fused-ring (bicyclic) bond motifs is 2. The van der Waals surface area contributed by atoms with Gasteiger partial charge < -0.3 is 18.6 Å². The number of esters is 2. The molecule has 5 aromatic rings. The molecule has 1 heterocycles. The molecule has 0 spiro atoms. The molecule has 1 N–H and O–H groups in total. The van der Waals surface area contributed by atoms with E-state index in [9.17, 15) is 18.0 Å². The maximum absolute atomic E-state index is 13.9. The molecule has 0 radical (unpaired) electrons. The highest BCUT2D eigenvalue weighted by Crippen LogP contribution is 2.41. The zero-order valence-electron chi connectivity index (χ0n) is 26.0. The van der Waals surface area contributed by atoms with E-state index in [0.29, 0.717) is 22.1 Å². The molecule has 0 amide bonds. The smallest absolute Gasteiger partial charge is 0.343 e. The molecule has 4 aromatic carbocycles. The number of furan rings is 1. The van der Waals surface area contributed by atoms with Gasteiger partial charge in [0.05, 0.1) is 18.6 Å². The number of benzene rings is 4. The largest absolute Gasteiger partial charge is 0.462 e. The fourth-order valence-corrected chi connectivity index (χ4v) is 5.96. The average Bonchev–Trinajstić information content (AvgIpc) is 3.38. The maximum atomic E-state index is 13.9. The standard InChI is InChI=1S/C35H35NO8S/c1-7-42-33(37)31-27-19-26(29(36-45(6,39)40)20-30(27)44-32(31)24-17-15-21(2)16-18-24)22(3)43-34(38)35(4,41-5)28-14-10-12-23-11-8-9-13-25(23)28/h8-20,22,36H,7H2,1-6H3/t22-,35+/m1/s1. The Morgan fingerprint density at radius 3 is 2.33 bits per heavy atom. The van der Waals surface area contributed by atoms with Crippen LogP contribution in [-0.2, 0) is 34.6 Å². The monoisotopic (exact) mass is 629 g/mol. The van der Waals surface area contributed by atoms with Gasteiger partial charge in [-0.2, -0.15) is 0 Å². The van der Waals surface area contributed by atoms with Crippen LogP contribution in [-0.4, -0.2) is 40.3 Å². The molecule has 0 bridgehead atoms. The summed E-state index contributed by atoms with van der Waals surface area (Å²) in [7, 11) is -2.33.